The summed E-state index contributed by atoms with van der Waals surface area (Å²) in [5, 5.41) is 70.1. The maximum atomic E-state index is 15.1. The quantitative estimate of drug-likeness (QED) is 0.0138. The Morgan fingerprint density at radius 3 is 1.44 bits per heavy atom. The highest BCUT2D eigenvalue weighted by atomic mass is 33.1. The van der Waals surface area contributed by atoms with Crippen LogP contribution in [0.25, 0.3) is 0 Å². The van der Waals surface area contributed by atoms with Gasteiger partial charge < -0.3 is 119 Å². The number of phenols is 1. The van der Waals surface area contributed by atoms with Crippen LogP contribution in [-0.4, -0.2) is 226 Å². The van der Waals surface area contributed by atoms with Crippen molar-refractivity contribution in [3.63, 3.8) is 0 Å². The lowest BCUT2D eigenvalue weighted by Crippen LogP contribution is -2.62. The van der Waals surface area contributed by atoms with Gasteiger partial charge in [0.05, 0.1) is 18.2 Å². The minimum Gasteiger partial charge on any atom is -0.508 e. The van der Waals surface area contributed by atoms with Gasteiger partial charge in [-0.2, -0.15) is 0 Å². The van der Waals surface area contributed by atoms with Gasteiger partial charge in [0, 0.05) is 44.5 Å². The van der Waals surface area contributed by atoms with Crippen LogP contribution in [0.5, 0.6) is 5.75 Å². The number of amides is 11. The molecule has 1 aliphatic rings. The summed E-state index contributed by atoms with van der Waals surface area (Å²) < 4.78 is 0. The van der Waals surface area contributed by atoms with Gasteiger partial charge in [-0.05, 0) is 93.4 Å². The average Bonchev–Trinajstić information content (AvgIpc) is 0.850. The van der Waals surface area contributed by atoms with Crippen molar-refractivity contribution in [2.45, 2.75) is 205 Å². The summed E-state index contributed by atoms with van der Waals surface area (Å²) in [7, 11) is 3.25. The maximum Gasteiger partial charge on any atom is 0.326 e. The van der Waals surface area contributed by atoms with E-state index >= 15 is 9.59 Å². The zero-order valence-electron chi connectivity index (χ0n) is 61.6. The number of phenolic OH excluding ortho intramolecular Hbond substituents is 1. The third kappa shape index (κ3) is 34.5. The van der Waals surface area contributed by atoms with Crippen molar-refractivity contribution in [1.29, 1.82) is 0 Å². The van der Waals surface area contributed by atoms with E-state index in [1.807, 2.05) is 13.8 Å². The van der Waals surface area contributed by atoms with Gasteiger partial charge in [-0.25, -0.2) is 4.79 Å². The molecule has 37 nitrogen and oxygen atoms in total. The van der Waals surface area contributed by atoms with Crippen LogP contribution in [0.3, 0.4) is 0 Å². The number of aliphatic hydroxyl groups excluding tert-OH is 2. The zero-order chi connectivity index (χ0) is 80.1. The fourth-order valence-electron chi connectivity index (χ4n) is 10.2. The van der Waals surface area contributed by atoms with Gasteiger partial charge >= 0.3 is 5.97 Å². The van der Waals surface area contributed by atoms with Crippen molar-refractivity contribution in [1.82, 2.24) is 58.5 Å². The molecule has 1 saturated heterocycles. The zero-order valence-corrected chi connectivity index (χ0v) is 63.2. The standard InChI is InChI=1S/C65H104N18O16S2.C2H7N3/c1-10-16-41-53(88)76-44(28-37-17-12-11-13-18-37)56(91)79-47(59(94)80-48(33(4)5)60(95)83-51(36(9)85)62(97)81-49(34(6)7)63(98)99)31-101-100-30-46(58(93)75-43(20-15-26-72-65(69)70)55(90)74-42(54(89)73-41)19-14-25-71-64(67)68)78-57(92)45(29-38-21-23-39(86)24-22-38)77-61(96)50(35(8)84)82-52(87)40(66)27-32(2)3;1-5-2(3)4/h11-13,17-18,21-24,32-36,40-51,84-86H,10,14-16,19-20,25-31,66H2,1-9H3,(H,73,89)(H,74,90)(H,75,93)(H,76,88)(H,77,96)(H,78,92)(H,79,91)(H,80,94)(H,81,97)(H,82,87)(H,83,95)(H,98,99)(H4,67,68,71)(H4,69,70,72);1H3,(H4,3,4,5)/t35?,36?,40-,41-,42-,43-,44-,45-,46-,47-,48-,49-,50-,51-;/m0./s1. The number of hydrogen-bond acceptors (Lipinski definition) is 21. The summed E-state index contributed by atoms with van der Waals surface area (Å²) in [5.74, 6) is -14.9. The van der Waals surface area contributed by atoms with Gasteiger partial charge in [-0.3, -0.25) is 67.7 Å². The van der Waals surface area contributed by atoms with E-state index in [0.717, 1.165) is 21.6 Å². The molecule has 0 bridgehead atoms. The highest BCUT2D eigenvalue weighted by Crippen LogP contribution is 2.25. The monoisotopic (exact) mass is 1530 g/mol. The Hall–Kier alpha value is -9.73. The molecule has 2 aromatic rings. The Morgan fingerprint density at radius 2 is 0.981 bits per heavy atom. The SMILES string of the molecule is CCC[C@@H]1NC(=O)[C@H](CCCN=C(N)N)NC(=O)[C@H](CCCN=C(N)N)NC(=O)[C@@H](NC(=O)[C@H](Cc2ccc(O)cc2)NC(=O)[C@@H](NC(=O)[C@@H](N)CC(C)C)C(C)O)CSSC[C@@H](C(=O)N[C@H](C(=O)N[C@H](C(=O)N[C@H](C(=O)O)C(C)C)C(C)O)C(C)C)NC(=O)[C@H](Cc2ccccc2)NC1=O.CN=C(N)N. The van der Waals surface area contributed by atoms with E-state index < -0.39 is 179 Å². The third-order valence-corrected chi connectivity index (χ3v) is 18.5. The first-order valence-corrected chi connectivity index (χ1v) is 37.1. The van der Waals surface area contributed by atoms with E-state index in [0.29, 0.717) is 17.5 Å². The number of nitrogens with two attached hydrogens (primary N) is 7. The fraction of sp³-hybridized carbons (Fsp3) is 0.597. The Labute approximate surface area is 624 Å². The Kier molecular flexibility index (Phi) is 41.5. The van der Waals surface area contributed by atoms with Crippen LogP contribution in [0.4, 0.5) is 0 Å². The largest absolute Gasteiger partial charge is 0.508 e. The molecule has 0 saturated carbocycles. The second-order valence-electron chi connectivity index (χ2n) is 26.4. The van der Waals surface area contributed by atoms with E-state index in [2.05, 4.69) is 73.5 Å². The predicted molar refractivity (Wildman–Crippen MR) is 403 cm³/mol. The molecule has 1 fully saturated rings. The molecule has 11 amide bonds. The number of nitrogens with zero attached hydrogens (tertiary/aromatic N) is 3. The lowest BCUT2D eigenvalue weighted by molar-refractivity contribution is -0.144. The molecule has 1 heterocycles. The molecule has 2 unspecified atom stereocenters. The minimum absolute atomic E-state index is 0.0141. The number of guanidine groups is 3. The van der Waals surface area contributed by atoms with Crippen LogP contribution < -0.4 is 98.6 Å². The van der Waals surface area contributed by atoms with Crippen LogP contribution in [0.2, 0.25) is 0 Å². The lowest BCUT2D eigenvalue weighted by atomic mass is 10.0. The number of rotatable bonds is 33. The van der Waals surface area contributed by atoms with Crippen LogP contribution in [0.15, 0.2) is 69.6 Å². The van der Waals surface area contributed by atoms with Crippen molar-refractivity contribution in [3.8, 4) is 5.75 Å². The van der Waals surface area contributed by atoms with E-state index in [1.54, 1.807) is 37.3 Å². The number of nitrogens with one attached hydrogen (secondary N) is 11. The number of benzene rings is 2. The summed E-state index contributed by atoms with van der Waals surface area (Å²) in [4.78, 5) is 183. The van der Waals surface area contributed by atoms with Gasteiger partial charge in [0.1, 0.15) is 72.2 Å². The second-order valence-corrected chi connectivity index (χ2v) is 28.9. The summed E-state index contributed by atoms with van der Waals surface area (Å²) in [6.45, 7) is 13.8. The summed E-state index contributed by atoms with van der Waals surface area (Å²) in [5.41, 5.74) is 39.1. The Morgan fingerprint density at radius 1 is 0.538 bits per heavy atom. The molecule has 592 valence electrons. The number of carboxylic acids is 1. The molecule has 14 atom stereocenters. The van der Waals surface area contributed by atoms with Crippen LogP contribution in [0, 0.1) is 17.8 Å². The first kappa shape index (κ1) is 92.4. The molecule has 0 radical (unpaired) electrons. The van der Waals surface area contributed by atoms with Crippen LogP contribution in [-0.2, 0) is 70.4 Å². The molecule has 1 aliphatic heterocycles. The number of carbonyl (C=O) groups excluding carboxylic acids is 11. The van der Waals surface area contributed by atoms with Gasteiger partial charge in [-0.1, -0.05) is 119 Å². The molecule has 39 heteroatoms. The fourth-order valence-corrected chi connectivity index (χ4v) is 12.5. The summed E-state index contributed by atoms with van der Waals surface area (Å²) in [6.07, 6.45) is -3.46. The van der Waals surface area contributed by atoms with Crippen molar-refractivity contribution >= 4 is 110 Å². The van der Waals surface area contributed by atoms with E-state index in [1.165, 1.54) is 72.9 Å². The summed E-state index contributed by atoms with van der Waals surface area (Å²) in [6, 6.07) is -4.43. The van der Waals surface area contributed by atoms with Crippen LogP contribution >= 0.6 is 21.6 Å². The smallest absolute Gasteiger partial charge is 0.326 e. The highest BCUT2D eigenvalue weighted by Gasteiger charge is 2.39. The van der Waals surface area contributed by atoms with E-state index in [9.17, 15) is 68.4 Å². The molecule has 3 rings (SSSR count). The maximum absolute atomic E-state index is 15.1. The van der Waals surface area contributed by atoms with E-state index in [-0.39, 0.29) is 94.0 Å². The molecule has 106 heavy (non-hydrogen) atoms. The lowest BCUT2D eigenvalue weighted by Gasteiger charge is -2.30. The number of aromatic hydroxyl groups is 1. The van der Waals surface area contributed by atoms with Gasteiger partial charge in [0.15, 0.2) is 17.9 Å². The Bertz CT molecular complexity index is 3300. The van der Waals surface area contributed by atoms with Crippen molar-refractivity contribution < 1.29 is 78.0 Å². The highest BCUT2D eigenvalue weighted by molar-refractivity contribution is 8.76. The number of carbonyl (C=O) groups is 12. The molecular weight excluding hydrogens is 1420 g/mol. The number of aliphatic carboxylic acids is 1. The van der Waals surface area contributed by atoms with Crippen molar-refractivity contribution in [2.75, 3.05) is 31.6 Å². The minimum atomic E-state index is -1.74. The molecular formula is C67H111N21O16S2. The van der Waals surface area contributed by atoms with Crippen molar-refractivity contribution in [2.24, 2.45) is 72.9 Å². The van der Waals surface area contributed by atoms with Crippen LogP contribution in [0.1, 0.15) is 118 Å². The molecule has 2 aromatic carbocycles. The van der Waals surface area contributed by atoms with Crippen molar-refractivity contribution in [3.05, 3.63) is 65.7 Å². The third-order valence-electron chi connectivity index (χ3n) is 16.0. The normalized spacial score (nSPS) is 19.9. The molecule has 0 aliphatic carbocycles. The predicted octanol–water partition coefficient (Wildman–Crippen LogP) is -4.77. The van der Waals surface area contributed by atoms with E-state index in [4.69, 9.17) is 40.1 Å². The average molecular weight is 1530 g/mol. The number of carboxylic acid groups (broad SMARTS) is 1. The number of hydrogen-bond donors (Lipinski definition) is 22. The first-order chi connectivity index (χ1) is 49.8. The molecule has 29 N–H and O–H groups in total. The molecule has 0 spiro atoms. The van der Waals surface area contributed by atoms with Gasteiger partial charge in [-0.15, -0.1) is 0 Å². The number of aliphatic imine (C=N–C) groups is 3. The van der Waals surface area contributed by atoms with Gasteiger partial charge in [0.2, 0.25) is 65.0 Å². The first-order valence-electron chi connectivity index (χ1n) is 34.6. The summed E-state index contributed by atoms with van der Waals surface area (Å²) >= 11 is 0. The Balaban J connectivity index is 0.00000736. The number of aliphatic hydroxyl groups is 2. The van der Waals surface area contributed by atoms with Gasteiger partial charge in [0.25, 0.3) is 0 Å². The second kappa shape index (κ2) is 47.7. The topological polar surface area (TPSA) is 637 Å². The molecule has 0 aromatic heterocycles.